The van der Waals surface area contributed by atoms with E-state index in [0.717, 1.165) is 18.4 Å². The van der Waals surface area contributed by atoms with Crippen LogP contribution < -0.4 is 0 Å². The van der Waals surface area contributed by atoms with Gasteiger partial charge in [-0.05, 0) is 25.7 Å². The maximum atomic E-state index is 11.8. The summed E-state index contributed by atoms with van der Waals surface area (Å²) in [6, 6.07) is 9.86. The van der Waals surface area contributed by atoms with E-state index in [1.165, 1.54) is 18.4 Å². The van der Waals surface area contributed by atoms with Gasteiger partial charge in [0.2, 0.25) is 0 Å². The van der Waals surface area contributed by atoms with Crippen LogP contribution in [0.3, 0.4) is 0 Å². The molecule has 1 aliphatic carbocycles. The number of aryl methyl sites for hydroxylation is 1. The van der Waals surface area contributed by atoms with Crippen molar-refractivity contribution < 1.29 is 14.1 Å². The molecule has 1 aromatic carbocycles. The van der Waals surface area contributed by atoms with Gasteiger partial charge in [-0.25, -0.2) is 0 Å². The minimum absolute atomic E-state index is 0.133. The highest BCUT2D eigenvalue weighted by Crippen LogP contribution is 2.28. The number of nitrogens with zero attached hydrogens (tertiary/aromatic N) is 1. The SMILES string of the molecule is Cc1ccc(-c2cc(COC(=O)CC3CCCC3)no2)cc1. The Bertz CT molecular complexity index is 624. The van der Waals surface area contributed by atoms with Crippen LogP contribution in [0.5, 0.6) is 0 Å². The summed E-state index contributed by atoms with van der Waals surface area (Å²) in [7, 11) is 0. The number of hydrogen-bond donors (Lipinski definition) is 0. The number of rotatable bonds is 5. The first-order valence-corrected chi connectivity index (χ1v) is 7.89. The Balaban J connectivity index is 1.53. The molecular weight excluding hydrogens is 278 g/mol. The second-order valence-corrected chi connectivity index (χ2v) is 6.06. The first-order valence-electron chi connectivity index (χ1n) is 7.89. The van der Waals surface area contributed by atoms with Gasteiger partial charge in [-0.1, -0.05) is 47.8 Å². The third-order valence-electron chi connectivity index (χ3n) is 4.21. The minimum Gasteiger partial charge on any atom is -0.459 e. The van der Waals surface area contributed by atoms with Crippen molar-refractivity contribution in [2.24, 2.45) is 5.92 Å². The molecule has 1 aromatic heterocycles. The highest BCUT2D eigenvalue weighted by molar-refractivity contribution is 5.69. The lowest BCUT2D eigenvalue weighted by Gasteiger charge is -2.07. The highest BCUT2D eigenvalue weighted by Gasteiger charge is 2.19. The van der Waals surface area contributed by atoms with Crippen LogP contribution in [0.2, 0.25) is 0 Å². The molecule has 22 heavy (non-hydrogen) atoms. The largest absolute Gasteiger partial charge is 0.459 e. The molecule has 0 spiro atoms. The van der Waals surface area contributed by atoms with Crippen LogP contribution in [-0.2, 0) is 16.1 Å². The normalized spacial score (nSPS) is 15.1. The molecule has 0 radical (unpaired) electrons. The molecule has 4 nitrogen and oxygen atoms in total. The number of carbonyl (C=O) groups is 1. The summed E-state index contributed by atoms with van der Waals surface area (Å²) in [5, 5.41) is 3.97. The maximum absolute atomic E-state index is 11.8. The molecule has 1 heterocycles. The molecule has 0 saturated heterocycles. The summed E-state index contributed by atoms with van der Waals surface area (Å²) in [6.45, 7) is 2.22. The number of aromatic nitrogens is 1. The predicted octanol–water partition coefficient (Wildman–Crippen LogP) is 4.27. The van der Waals surface area contributed by atoms with Gasteiger partial charge in [0.15, 0.2) is 5.76 Å². The Hall–Kier alpha value is -2.10. The first-order chi connectivity index (χ1) is 10.7. The molecule has 0 atom stereocenters. The van der Waals surface area contributed by atoms with E-state index in [2.05, 4.69) is 5.16 Å². The van der Waals surface area contributed by atoms with E-state index in [0.29, 0.717) is 23.8 Å². The van der Waals surface area contributed by atoms with Crippen LogP contribution >= 0.6 is 0 Å². The molecule has 0 aliphatic heterocycles. The van der Waals surface area contributed by atoms with E-state index < -0.39 is 0 Å². The lowest BCUT2D eigenvalue weighted by molar-refractivity contribution is -0.146. The molecule has 3 rings (SSSR count). The number of ether oxygens (including phenoxy) is 1. The molecule has 0 unspecified atom stereocenters. The summed E-state index contributed by atoms with van der Waals surface area (Å²) in [4.78, 5) is 11.8. The minimum atomic E-state index is -0.133. The third-order valence-corrected chi connectivity index (χ3v) is 4.21. The molecule has 0 N–H and O–H groups in total. The van der Waals surface area contributed by atoms with Gasteiger partial charge in [0.1, 0.15) is 12.3 Å². The van der Waals surface area contributed by atoms with E-state index in [9.17, 15) is 4.79 Å². The Morgan fingerprint density at radius 1 is 1.27 bits per heavy atom. The van der Waals surface area contributed by atoms with Crippen molar-refractivity contribution in [3.8, 4) is 11.3 Å². The average molecular weight is 299 g/mol. The van der Waals surface area contributed by atoms with Gasteiger partial charge in [-0.2, -0.15) is 0 Å². The van der Waals surface area contributed by atoms with Crippen molar-refractivity contribution in [2.75, 3.05) is 0 Å². The number of carbonyl (C=O) groups excluding carboxylic acids is 1. The molecule has 1 saturated carbocycles. The Labute approximate surface area is 130 Å². The van der Waals surface area contributed by atoms with Gasteiger partial charge in [0.05, 0.1) is 0 Å². The van der Waals surface area contributed by atoms with Crippen LogP contribution in [0.25, 0.3) is 11.3 Å². The van der Waals surface area contributed by atoms with E-state index in [1.807, 2.05) is 37.3 Å². The summed E-state index contributed by atoms with van der Waals surface area (Å²) in [5.74, 6) is 1.07. The molecule has 116 valence electrons. The molecule has 2 aromatic rings. The van der Waals surface area contributed by atoms with Gasteiger partial charge < -0.3 is 9.26 Å². The molecule has 1 fully saturated rings. The number of esters is 1. The zero-order valence-corrected chi connectivity index (χ0v) is 12.9. The first kappa shape index (κ1) is 14.8. The summed E-state index contributed by atoms with van der Waals surface area (Å²) < 4.78 is 10.6. The molecule has 4 heteroatoms. The van der Waals surface area contributed by atoms with Crippen molar-refractivity contribution in [1.29, 1.82) is 0 Å². The van der Waals surface area contributed by atoms with E-state index in [1.54, 1.807) is 0 Å². The molecule has 0 amide bonds. The molecule has 1 aliphatic rings. The highest BCUT2D eigenvalue weighted by atomic mass is 16.5. The Morgan fingerprint density at radius 2 is 2.00 bits per heavy atom. The van der Waals surface area contributed by atoms with Crippen LogP contribution in [-0.4, -0.2) is 11.1 Å². The summed E-state index contributed by atoms with van der Waals surface area (Å²) in [5.41, 5.74) is 2.82. The van der Waals surface area contributed by atoms with Crippen molar-refractivity contribution in [3.05, 3.63) is 41.6 Å². The lowest BCUT2D eigenvalue weighted by Crippen LogP contribution is -2.09. The van der Waals surface area contributed by atoms with Crippen LogP contribution in [0.1, 0.15) is 43.4 Å². The second-order valence-electron chi connectivity index (χ2n) is 6.06. The zero-order chi connectivity index (χ0) is 15.4. The number of benzene rings is 1. The van der Waals surface area contributed by atoms with E-state index in [4.69, 9.17) is 9.26 Å². The van der Waals surface area contributed by atoms with Gasteiger partial charge in [0.25, 0.3) is 0 Å². The Kier molecular flexibility index (Phi) is 4.56. The van der Waals surface area contributed by atoms with E-state index in [-0.39, 0.29) is 12.6 Å². The third kappa shape index (κ3) is 3.75. The van der Waals surface area contributed by atoms with Gasteiger partial charge in [0, 0.05) is 18.1 Å². The topological polar surface area (TPSA) is 52.3 Å². The smallest absolute Gasteiger partial charge is 0.306 e. The molecule has 0 bridgehead atoms. The summed E-state index contributed by atoms with van der Waals surface area (Å²) >= 11 is 0. The van der Waals surface area contributed by atoms with Crippen molar-refractivity contribution in [3.63, 3.8) is 0 Å². The van der Waals surface area contributed by atoms with Gasteiger partial charge in [-0.15, -0.1) is 0 Å². The fraction of sp³-hybridized carbons (Fsp3) is 0.444. The van der Waals surface area contributed by atoms with Crippen LogP contribution in [0, 0.1) is 12.8 Å². The zero-order valence-electron chi connectivity index (χ0n) is 12.9. The maximum Gasteiger partial charge on any atom is 0.306 e. The fourth-order valence-corrected chi connectivity index (χ4v) is 2.90. The predicted molar refractivity (Wildman–Crippen MR) is 83.0 cm³/mol. The van der Waals surface area contributed by atoms with Crippen LogP contribution in [0.4, 0.5) is 0 Å². The van der Waals surface area contributed by atoms with Crippen molar-refractivity contribution in [2.45, 2.75) is 45.6 Å². The Morgan fingerprint density at radius 3 is 2.73 bits per heavy atom. The summed E-state index contributed by atoms with van der Waals surface area (Å²) in [6.07, 6.45) is 5.30. The monoisotopic (exact) mass is 299 g/mol. The van der Waals surface area contributed by atoms with Crippen molar-refractivity contribution in [1.82, 2.24) is 5.16 Å². The average Bonchev–Trinajstić information content (AvgIpc) is 3.17. The fourth-order valence-electron chi connectivity index (χ4n) is 2.90. The number of hydrogen-bond acceptors (Lipinski definition) is 4. The van der Waals surface area contributed by atoms with Crippen LogP contribution in [0.15, 0.2) is 34.9 Å². The van der Waals surface area contributed by atoms with Gasteiger partial charge in [-0.3, -0.25) is 4.79 Å². The quantitative estimate of drug-likeness (QED) is 0.773. The van der Waals surface area contributed by atoms with Crippen molar-refractivity contribution >= 4 is 5.97 Å². The standard InChI is InChI=1S/C18H21NO3/c1-13-6-8-15(9-7-13)17-11-16(19-22-17)12-21-18(20)10-14-4-2-3-5-14/h6-9,11,14H,2-5,10,12H2,1H3. The van der Waals surface area contributed by atoms with E-state index >= 15 is 0 Å². The lowest BCUT2D eigenvalue weighted by atomic mass is 10.0. The second kappa shape index (κ2) is 6.77. The van der Waals surface area contributed by atoms with Gasteiger partial charge >= 0.3 is 5.97 Å². The molecular formula is C18H21NO3.